The van der Waals surface area contributed by atoms with Crippen LogP contribution in [0.3, 0.4) is 0 Å². The van der Waals surface area contributed by atoms with E-state index in [1.54, 1.807) is 39.2 Å². The summed E-state index contributed by atoms with van der Waals surface area (Å²) in [5.74, 6) is 0.488. The number of aromatic nitrogens is 4. The minimum Gasteiger partial charge on any atom is -0.497 e. The van der Waals surface area contributed by atoms with Gasteiger partial charge in [0, 0.05) is 18.2 Å². The molecule has 0 aliphatic carbocycles. The SMILES string of the molecule is COc1ccc(NC(=O)C(C)C)c(NC=C(C#N)c2nn[nH]n2)c1. The molecule has 0 fully saturated rings. The van der Waals surface area contributed by atoms with Crippen LogP contribution in [0.1, 0.15) is 19.7 Å². The van der Waals surface area contributed by atoms with E-state index in [-0.39, 0.29) is 23.2 Å². The molecule has 0 bridgehead atoms. The number of amides is 1. The zero-order valence-corrected chi connectivity index (χ0v) is 13.5. The van der Waals surface area contributed by atoms with Crippen LogP contribution >= 0.6 is 0 Å². The summed E-state index contributed by atoms with van der Waals surface area (Å²) in [6.45, 7) is 3.60. The summed E-state index contributed by atoms with van der Waals surface area (Å²) in [4.78, 5) is 11.9. The maximum Gasteiger partial charge on any atom is 0.226 e. The number of aromatic amines is 1. The van der Waals surface area contributed by atoms with Gasteiger partial charge in [0.1, 0.15) is 17.4 Å². The second kappa shape index (κ2) is 7.73. The lowest BCUT2D eigenvalue weighted by atomic mass is 10.2. The van der Waals surface area contributed by atoms with Crippen molar-refractivity contribution in [1.29, 1.82) is 5.26 Å². The quantitative estimate of drug-likeness (QED) is 0.690. The van der Waals surface area contributed by atoms with E-state index >= 15 is 0 Å². The van der Waals surface area contributed by atoms with E-state index in [2.05, 4.69) is 31.3 Å². The normalized spacial score (nSPS) is 11.0. The Kier molecular flexibility index (Phi) is 5.46. The Balaban J connectivity index is 2.30. The molecular formula is C15H17N7O2. The van der Waals surface area contributed by atoms with Gasteiger partial charge >= 0.3 is 0 Å². The molecule has 1 aromatic carbocycles. The van der Waals surface area contributed by atoms with Crippen molar-refractivity contribution in [3.8, 4) is 11.8 Å². The first kappa shape index (κ1) is 17.0. The van der Waals surface area contributed by atoms with Crippen molar-refractivity contribution >= 4 is 22.9 Å². The number of methoxy groups -OCH3 is 1. The van der Waals surface area contributed by atoms with Gasteiger partial charge in [-0.15, -0.1) is 10.2 Å². The number of nitrogens with one attached hydrogen (secondary N) is 3. The third kappa shape index (κ3) is 4.07. The lowest BCUT2D eigenvalue weighted by Gasteiger charge is -2.14. The molecule has 9 nitrogen and oxygen atoms in total. The number of nitrogens with zero attached hydrogens (tertiary/aromatic N) is 4. The monoisotopic (exact) mass is 327 g/mol. The summed E-state index contributed by atoms with van der Waals surface area (Å²) < 4.78 is 5.19. The van der Waals surface area contributed by atoms with Crippen LogP contribution in [-0.4, -0.2) is 33.6 Å². The number of benzene rings is 1. The van der Waals surface area contributed by atoms with E-state index in [4.69, 9.17) is 4.74 Å². The molecule has 1 aromatic heterocycles. The first-order valence-corrected chi connectivity index (χ1v) is 7.14. The highest BCUT2D eigenvalue weighted by atomic mass is 16.5. The predicted molar refractivity (Wildman–Crippen MR) is 87.9 cm³/mol. The summed E-state index contributed by atoms with van der Waals surface area (Å²) in [6, 6.07) is 7.13. The van der Waals surface area contributed by atoms with Crippen LogP contribution in [0.2, 0.25) is 0 Å². The van der Waals surface area contributed by atoms with Crippen molar-refractivity contribution in [1.82, 2.24) is 20.6 Å². The van der Waals surface area contributed by atoms with Crippen molar-refractivity contribution in [2.24, 2.45) is 5.92 Å². The van der Waals surface area contributed by atoms with Crippen LogP contribution in [0.5, 0.6) is 5.75 Å². The van der Waals surface area contributed by atoms with Gasteiger partial charge in [-0.2, -0.15) is 10.5 Å². The van der Waals surface area contributed by atoms with Gasteiger partial charge in [0.2, 0.25) is 11.7 Å². The van der Waals surface area contributed by atoms with Crippen LogP contribution < -0.4 is 15.4 Å². The number of rotatable bonds is 6. The molecule has 0 saturated heterocycles. The first-order chi connectivity index (χ1) is 11.5. The van der Waals surface area contributed by atoms with Crippen molar-refractivity contribution in [2.75, 3.05) is 17.7 Å². The molecule has 0 unspecified atom stereocenters. The Morgan fingerprint density at radius 1 is 1.42 bits per heavy atom. The number of carbonyl (C=O) groups excluding carboxylic acids is 1. The van der Waals surface area contributed by atoms with Crippen molar-refractivity contribution in [3.05, 3.63) is 30.2 Å². The van der Waals surface area contributed by atoms with Gasteiger partial charge in [-0.1, -0.05) is 13.8 Å². The van der Waals surface area contributed by atoms with E-state index in [9.17, 15) is 10.1 Å². The van der Waals surface area contributed by atoms with Gasteiger partial charge in [0.25, 0.3) is 0 Å². The molecule has 0 radical (unpaired) electrons. The van der Waals surface area contributed by atoms with Crippen molar-refractivity contribution in [2.45, 2.75) is 13.8 Å². The zero-order valence-electron chi connectivity index (χ0n) is 13.5. The smallest absolute Gasteiger partial charge is 0.226 e. The Labute approximate surface area is 138 Å². The Morgan fingerprint density at radius 2 is 2.21 bits per heavy atom. The van der Waals surface area contributed by atoms with Gasteiger partial charge < -0.3 is 15.4 Å². The first-order valence-electron chi connectivity index (χ1n) is 7.14. The number of H-pyrrole nitrogens is 1. The molecule has 2 aromatic rings. The number of carbonyl (C=O) groups is 1. The third-order valence-corrected chi connectivity index (χ3v) is 3.09. The van der Waals surface area contributed by atoms with E-state index < -0.39 is 0 Å². The molecule has 0 saturated carbocycles. The van der Waals surface area contributed by atoms with Gasteiger partial charge in [0.15, 0.2) is 0 Å². The Morgan fingerprint density at radius 3 is 2.79 bits per heavy atom. The highest BCUT2D eigenvalue weighted by Gasteiger charge is 2.12. The van der Waals surface area contributed by atoms with E-state index in [0.717, 1.165) is 0 Å². The second-order valence-electron chi connectivity index (χ2n) is 5.11. The van der Waals surface area contributed by atoms with Crippen LogP contribution in [0.4, 0.5) is 11.4 Å². The molecular weight excluding hydrogens is 310 g/mol. The molecule has 24 heavy (non-hydrogen) atoms. The third-order valence-electron chi connectivity index (χ3n) is 3.09. The van der Waals surface area contributed by atoms with Gasteiger partial charge in [-0.25, -0.2) is 0 Å². The minimum atomic E-state index is -0.163. The summed E-state index contributed by atoms with van der Waals surface area (Å²) in [7, 11) is 1.54. The summed E-state index contributed by atoms with van der Waals surface area (Å²) in [5, 5.41) is 28.2. The molecule has 0 aliphatic heterocycles. The summed E-state index contributed by atoms with van der Waals surface area (Å²) >= 11 is 0. The predicted octanol–water partition coefficient (Wildman–Crippen LogP) is 1.78. The number of nitriles is 1. The molecule has 1 heterocycles. The van der Waals surface area contributed by atoms with Gasteiger partial charge in [-0.05, 0) is 17.3 Å². The highest BCUT2D eigenvalue weighted by Crippen LogP contribution is 2.28. The topological polar surface area (TPSA) is 129 Å². The van der Waals surface area contributed by atoms with E-state index in [0.29, 0.717) is 17.1 Å². The van der Waals surface area contributed by atoms with E-state index in [1.807, 2.05) is 6.07 Å². The average molecular weight is 327 g/mol. The lowest BCUT2D eigenvalue weighted by Crippen LogP contribution is -2.18. The van der Waals surface area contributed by atoms with Crippen LogP contribution in [0.25, 0.3) is 5.57 Å². The fourth-order valence-electron chi connectivity index (χ4n) is 1.73. The Bertz CT molecular complexity index is 776. The Hall–Kier alpha value is -3.41. The van der Waals surface area contributed by atoms with Crippen LogP contribution in [0.15, 0.2) is 24.4 Å². The average Bonchev–Trinajstić information content (AvgIpc) is 3.10. The fourth-order valence-corrected chi connectivity index (χ4v) is 1.73. The fraction of sp³-hybridized carbons (Fsp3) is 0.267. The number of tetrazole rings is 1. The van der Waals surface area contributed by atoms with Crippen molar-refractivity contribution in [3.63, 3.8) is 0 Å². The molecule has 2 rings (SSSR count). The molecule has 3 N–H and O–H groups in total. The second-order valence-corrected chi connectivity index (χ2v) is 5.11. The number of ether oxygens (including phenoxy) is 1. The van der Waals surface area contributed by atoms with E-state index in [1.165, 1.54) is 6.20 Å². The van der Waals surface area contributed by atoms with Gasteiger partial charge in [-0.3, -0.25) is 4.79 Å². The number of anilines is 2. The van der Waals surface area contributed by atoms with Crippen LogP contribution in [0, 0.1) is 17.2 Å². The summed E-state index contributed by atoms with van der Waals surface area (Å²) in [6.07, 6.45) is 1.44. The number of allylic oxidation sites excluding steroid dienone is 1. The molecule has 1 amide bonds. The summed E-state index contributed by atoms with van der Waals surface area (Å²) in [5.41, 5.74) is 1.32. The zero-order chi connectivity index (χ0) is 17.5. The number of hydrogen-bond acceptors (Lipinski definition) is 7. The number of hydrogen-bond donors (Lipinski definition) is 3. The molecule has 0 aliphatic rings. The molecule has 0 atom stereocenters. The highest BCUT2D eigenvalue weighted by molar-refractivity contribution is 5.95. The lowest BCUT2D eigenvalue weighted by molar-refractivity contribution is -0.118. The maximum atomic E-state index is 11.9. The maximum absolute atomic E-state index is 11.9. The molecule has 124 valence electrons. The minimum absolute atomic E-state index is 0.120. The molecule has 9 heteroatoms. The molecule has 0 spiro atoms. The largest absolute Gasteiger partial charge is 0.497 e. The van der Waals surface area contributed by atoms with Gasteiger partial charge in [0.05, 0.1) is 18.5 Å². The van der Waals surface area contributed by atoms with Crippen molar-refractivity contribution < 1.29 is 9.53 Å². The standard InChI is InChI=1S/C15H17N7O2/c1-9(2)15(23)18-12-5-4-11(24-3)6-13(12)17-8-10(7-16)14-19-21-22-20-14/h4-6,8-9,17H,1-3H3,(H,18,23)(H,19,20,21,22). The van der Waals surface area contributed by atoms with Crippen LogP contribution in [-0.2, 0) is 4.79 Å².